The van der Waals surface area contributed by atoms with Crippen LogP contribution in [0.15, 0.2) is 34.9 Å². The first-order valence-electron chi connectivity index (χ1n) is 8.27. The number of benzene rings is 1. The molecule has 1 amide bonds. The van der Waals surface area contributed by atoms with Crippen molar-refractivity contribution in [3.8, 4) is 0 Å². The summed E-state index contributed by atoms with van der Waals surface area (Å²) in [6.45, 7) is 3.37. The fourth-order valence-electron chi connectivity index (χ4n) is 3.55. The van der Waals surface area contributed by atoms with Crippen molar-refractivity contribution >= 4 is 22.6 Å². The molecule has 24 heavy (non-hydrogen) atoms. The lowest BCUT2D eigenvalue weighted by Crippen LogP contribution is -2.29. The molecule has 0 spiro atoms. The number of anilines is 1. The van der Waals surface area contributed by atoms with Gasteiger partial charge in [-0.15, -0.1) is 0 Å². The average molecular weight is 324 g/mol. The molecule has 1 unspecified atom stereocenters. The molecule has 6 nitrogen and oxygen atoms in total. The van der Waals surface area contributed by atoms with Crippen LogP contribution in [0, 0.1) is 0 Å². The van der Waals surface area contributed by atoms with Crippen LogP contribution in [-0.2, 0) is 6.42 Å². The zero-order valence-corrected chi connectivity index (χ0v) is 13.6. The predicted molar refractivity (Wildman–Crippen MR) is 91.9 cm³/mol. The molecule has 1 aromatic carbocycles. The minimum Gasteiger partial charge on any atom is -0.460 e. The molecule has 124 valence electrons. The van der Waals surface area contributed by atoms with E-state index in [4.69, 9.17) is 10.2 Å². The van der Waals surface area contributed by atoms with Crippen LogP contribution in [0.4, 0.5) is 5.69 Å². The van der Waals surface area contributed by atoms with Crippen LogP contribution in [-0.4, -0.2) is 34.1 Å². The van der Waals surface area contributed by atoms with Crippen molar-refractivity contribution in [1.29, 1.82) is 0 Å². The number of likely N-dealkylation sites (tertiary alicyclic amines) is 1. The molecule has 2 aromatic heterocycles. The van der Waals surface area contributed by atoms with Crippen molar-refractivity contribution in [3.63, 3.8) is 0 Å². The Morgan fingerprint density at radius 2 is 2.29 bits per heavy atom. The Labute approximate surface area is 139 Å². The second-order valence-electron chi connectivity index (χ2n) is 6.23. The Bertz CT molecular complexity index is 895. The summed E-state index contributed by atoms with van der Waals surface area (Å²) in [5.41, 5.74) is 9.01. The second kappa shape index (κ2) is 5.70. The first-order chi connectivity index (χ1) is 11.7. The average Bonchev–Trinajstić information content (AvgIpc) is 3.31. The Hall–Kier alpha value is -2.76. The zero-order valence-electron chi connectivity index (χ0n) is 13.6. The molecule has 6 heteroatoms. The number of H-pyrrole nitrogens is 1. The van der Waals surface area contributed by atoms with Gasteiger partial charge in [-0.2, -0.15) is 5.10 Å². The van der Waals surface area contributed by atoms with Crippen LogP contribution < -0.4 is 5.73 Å². The minimum atomic E-state index is 0.0392. The van der Waals surface area contributed by atoms with Gasteiger partial charge < -0.3 is 15.1 Å². The van der Waals surface area contributed by atoms with Crippen molar-refractivity contribution in [1.82, 2.24) is 15.1 Å². The highest BCUT2D eigenvalue weighted by Gasteiger charge is 2.32. The number of para-hydroxylation sites is 1. The summed E-state index contributed by atoms with van der Waals surface area (Å²) in [6, 6.07) is 7.72. The number of hydrogen-bond acceptors (Lipinski definition) is 4. The smallest absolute Gasteiger partial charge is 0.258 e. The number of nitrogens with two attached hydrogens (primary N) is 1. The molecule has 3 heterocycles. The van der Waals surface area contributed by atoms with E-state index >= 15 is 0 Å². The summed E-state index contributed by atoms with van der Waals surface area (Å²) in [5, 5.41) is 7.84. The number of nitrogens with one attached hydrogen (secondary N) is 1. The Morgan fingerprint density at radius 1 is 1.46 bits per heavy atom. The number of rotatable bonds is 3. The van der Waals surface area contributed by atoms with Gasteiger partial charge >= 0.3 is 0 Å². The van der Waals surface area contributed by atoms with Gasteiger partial charge in [0.1, 0.15) is 11.3 Å². The summed E-state index contributed by atoms with van der Waals surface area (Å²) in [5.74, 6) is 1.00. The van der Waals surface area contributed by atoms with E-state index in [0.717, 1.165) is 28.8 Å². The molecule has 0 saturated carbocycles. The third kappa shape index (κ3) is 2.26. The third-order valence-corrected chi connectivity index (χ3v) is 4.79. The highest BCUT2D eigenvalue weighted by Crippen LogP contribution is 2.33. The highest BCUT2D eigenvalue weighted by atomic mass is 16.3. The van der Waals surface area contributed by atoms with Gasteiger partial charge in [-0.3, -0.25) is 9.89 Å². The van der Waals surface area contributed by atoms with E-state index in [1.807, 2.05) is 36.1 Å². The molecule has 1 fully saturated rings. The van der Waals surface area contributed by atoms with E-state index in [1.54, 1.807) is 6.20 Å². The van der Waals surface area contributed by atoms with Crippen molar-refractivity contribution < 1.29 is 9.21 Å². The fourth-order valence-corrected chi connectivity index (χ4v) is 3.55. The summed E-state index contributed by atoms with van der Waals surface area (Å²) in [7, 11) is 0. The van der Waals surface area contributed by atoms with E-state index in [0.29, 0.717) is 30.8 Å². The maximum absolute atomic E-state index is 13.1. The topological polar surface area (TPSA) is 88.2 Å². The van der Waals surface area contributed by atoms with Gasteiger partial charge in [-0.1, -0.05) is 25.1 Å². The van der Waals surface area contributed by atoms with Crippen LogP contribution in [0.2, 0.25) is 0 Å². The number of amides is 1. The number of aromatic amines is 1. The lowest BCUT2D eigenvalue weighted by atomic mass is 10.0. The van der Waals surface area contributed by atoms with E-state index in [-0.39, 0.29) is 11.8 Å². The SMILES string of the molecule is CCc1oc2ccccc2c1C(=O)N1CCC(c2[nH]ncc2N)C1. The number of furan rings is 1. The molecule has 4 rings (SSSR count). The first-order valence-corrected chi connectivity index (χ1v) is 8.27. The summed E-state index contributed by atoms with van der Waals surface area (Å²) < 4.78 is 5.86. The summed E-state index contributed by atoms with van der Waals surface area (Å²) in [6.07, 6.45) is 3.20. The lowest BCUT2D eigenvalue weighted by molar-refractivity contribution is 0.0790. The molecule has 1 atom stereocenters. The number of aromatic nitrogens is 2. The molecular formula is C18H20N4O2. The van der Waals surface area contributed by atoms with Gasteiger partial charge in [0.15, 0.2) is 0 Å². The largest absolute Gasteiger partial charge is 0.460 e. The van der Waals surface area contributed by atoms with Gasteiger partial charge in [0.25, 0.3) is 5.91 Å². The molecule has 0 bridgehead atoms. The summed E-state index contributed by atoms with van der Waals surface area (Å²) >= 11 is 0. The molecule has 1 aliphatic heterocycles. The van der Waals surface area contributed by atoms with Crippen LogP contribution in [0.1, 0.15) is 41.1 Å². The quantitative estimate of drug-likeness (QED) is 0.775. The van der Waals surface area contributed by atoms with Crippen molar-refractivity contribution in [2.45, 2.75) is 25.7 Å². The second-order valence-corrected chi connectivity index (χ2v) is 6.23. The Kier molecular flexibility index (Phi) is 3.52. The van der Waals surface area contributed by atoms with E-state index < -0.39 is 0 Å². The van der Waals surface area contributed by atoms with Crippen LogP contribution >= 0.6 is 0 Å². The Balaban J connectivity index is 1.64. The van der Waals surface area contributed by atoms with Crippen LogP contribution in [0.25, 0.3) is 11.0 Å². The van der Waals surface area contributed by atoms with E-state index in [9.17, 15) is 4.79 Å². The number of carbonyl (C=O) groups is 1. The number of carbonyl (C=O) groups excluding carboxylic acids is 1. The van der Waals surface area contributed by atoms with Crippen LogP contribution in [0.5, 0.6) is 0 Å². The van der Waals surface area contributed by atoms with Crippen LogP contribution in [0.3, 0.4) is 0 Å². The molecule has 1 saturated heterocycles. The highest BCUT2D eigenvalue weighted by molar-refractivity contribution is 6.07. The Morgan fingerprint density at radius 3 is 3.04 bits per heavy atom. The molecule has 3 aromatic rings. The molecule has 0 radical (unpaired) electrons. The van der Waals surface area contributed by atoms with Crippen molar-refractivity contribution in [2.75, 3.05) is 18.8 Å². The molecule has 1 aliphatic rings. The monoisotopic (exact) mass is 324 g/mol. The standard InChI is InChI=1S/C18H20N4O2/c1-2-14-16(12-5-3-4-6-15(12)24-14)18(23)22-8-7-11(10-22)17-13(19)9-20-21-17/h3-6,9,11H,2,7-8,10,19H2,1H3,(H,20,21). The summed E-state index contributed by atoms with van der Waals surface area (Å²) in [4.78, 5) is 15.0. The maximum atomic E-state index is 13.1. The zero-order chi connectivity index (χ0) is 16.7. The molecule has 0 aliphatic carbocycles. The normalized spacial score (nSPS) is 17.7. The lowest BCUT2D eigenvalue weighted by Gasteiger charge is -2.16. The number of fused-ring (bicyclic) bond motifs is 1. The van der Waals surface area contributed by atoms with Crippen molar-refractivity contribution in [3.05, 3.63) is 47.5 Å². The van der Waals surface area contributed by atoms with E-state index in [1.165, 1.54) is 0 Å². The van der Waals surface area contributed by atoms with Gasteiger partial charge in [0.05, 0.1) is 23.1 Å². The third-order valence-electron chi connectivity index (χ3n) is 4.79. The number of nitrogen functional groups attached to an aromatic ring is 1. The van der Waals surface area contributed by atoms with Crippen molar-refractivity contribution in [2.24, 2.45) is 0 Å². The molecular weight excluding hydrogens is 304 g/mol. The first kappa shape index (κ1) is 14.8. The van der Waals surface area contributed by atoms with E-state index in [2.05, 4.69) is 10.2 Å². The van der Waals surface area contributed by atoms with Gasteiger partial charge in [0, 0.05) is 30.8 Å². The number of aryl methyl sites for hydroxylation is 1. The number of hydrogen-bond donors (Lipinski definition) is 2. The maximum Gasteiger partial charge on any atom is 0.258 e. The van der Waals surface area contributed by atoms with Gasteiger partial charge in [-0.25, -0.2) is 0 Å². The number of nitrogens with zero attached hydrogens (tertiary/aromatic N) is 2. The predicted octanol–water partition coefficient (Wildman–Crippen LogP) is 2.93. The minimum absolute atomic E-state index is 0.0392. The molecule has 3 N–H and O–H groups in total. The van der Waals surface area contributed by atoms with Gasteiger partial charge in [0.2, 0.25) is 0 Å². The van der Waals surface area contributed by atoms with Gasteiger partial charge in [-0.05, 0) is 12.5 Å². The fraction of sp³-hybridized carbons (Fsp3) is 0.333.